The molecule has 0 saturated carbocycles. The van der Waals surface area contributed by atoms with Crippen LogP contribution in [0.1, 0.15) is 12.5 Å². The van der Waals surface area contributed by atoms with E-state index in [1.54, 1.807) is 24.5 Å². The Bertz CT molecular complexity index is 604. The van der Waals surface area contributed by atoms with Gasteiger partial charge >= 0.3 is 0 Å². The first-order valence-corrected chi connectivity index (χ1v) is 7.13. The molecule has 2 atom stereocenters. The van der Waals surface area contributed by atoms with Crippen LogP contribution in [-0.4, -0.2) is 35.3 Å². The average Bonchev–Trinajstić information content (AvgIpc) is 2.52. The SMILES string of the molecule is C[C@@H]1CN[C@H](Cc2cc(-c3ncccn3)ccc2F)CO1.Cl. The molecule has 2 heterocycles. The van der Waals surface area contributed by atoms with Gasteiger partial charge in [-0.25, -0.2) is 14.4 Å². The molecule has 0 bridgehead atoms. The van der Waals surface area contributed by atoms with Crippen molar-refractivity contribution in [2.75, 3.05) is 13.2 Å². The summed E-state index contributed by atoms with van der Waals surface area (Å²) >= 11 is 0. The minimum atomic E-state index is -0.199. The predicted molar refractivity (Wildman–Crippen MR) is 85.6 cm³/mol. The summed E-state index contributed by atoms with van der Waals surface area (Å²) < 4.78 is 19.6. The molecule has 6 heteroatoms. The molecule has 1 aromatic carbocycles. The summed E-state index contributed by atoms with van der Waals surface area (Å²) in [5.74, 6) is 0.412. The van der Waals surface area contributed by atoms with Crippen molar-refractivity contribution >= 4 is 12.4 Å². The molecule has 2 aromatic rings. The van der Waals surface area contributed by atoms with Crippen molar-refractivity contribution in [2.45, 2.75) is 25.5 Å². The highest BCUT2D eigenvalue weighted by Gasteiger charge is 2.19. The third kappa shape index (κ3) is 4.00. The molecule has 0 unspecified atom stereocenters. The maximum Gasteiger partial charge on any atom is 0.159 e. The van der Waals surface area contributed by atoms with E-state index in [1.165, 1.54) is 6.07 Å². The van der Waals surface area contributed by atoms with Gasteiger partial charge in [-0.1, -0.05) is 0 Å². The average molecular weight is 324 g/mol. The first kappa shape index (κ1) is 16.8. The van der Waals surface area contributed by atoms with E-state index in [0.29, 0.717) is 24.4 Å². The molecule has 0 aliphatic carbocycles. The molecule has 1 aliphatic heterocycles. The molecule has 1 fully saturated rings. The lowest BCUT2D eigenvalue weighted by molar-refractivity contribution is 0.0154. The van der Waals surface area contributed by atoms with Crippen LogP contribution in [0.4, 0.5) is 4.39 Å². The van der Waals surface area contributed by atoms with E-state index in [4.69, 9.17) is 4.74 Å². The predicted octanol–water partition coefficient (Wildman–Crippen LogP) is 2.62. The first-order chi connectivity index (χ1) is 10.2. The summed E-state index contributed by atoms with van der Waals surface area (Å²) in [6.45, 7) is 3.43. The Morgan fingerprint density at radius 1 is 1.32 bits per heavy atom. The Morgan fingerprint density at radius 2 is 2.09 bits per heavy atom. The van der Waals surface area contributed by atoms with Crippen molar-refractivity contribution in [1.82, 2.24) is 15.3 Å². The number of ether oxygens (including phenoxy) is 1. The number of nitrogens with zero attached hydrogens (tertiary/aromatic N) is 2. The molecule has 0 amide bonds. The number of nitrogens with one attached hydrogen (secondary N) is 1. The third-order valence-corrected chi connectivity index (χ3v) is 3.61. The lowest BCUT2D eigenvalue weighted by Crippen LogP contribution is -2.46. The van der Waals surface area contributed by atoms with Crippen LogP contribution in [0.2, 0.25) is 0 Å². The van der Waals surface area contributed by atoms with Crippen LogP contribution in [-0.2, 0) is 11.2 Å². The second-order valence-corrected chi connectivity index (χ2v) is 5.33. The Hall–Kier alpha value is -1.56. The Labute approximate surface area is 135 Å². The van der Waals surface area contributed by atoms with Crippen molar-refractivity contribution in [3.63, 3.8) is 0 Å². The molecule has 1 N–H and O–H groups in total. The number of hydrogen-bond donors (Lipinski definition) is 1. The molecule has 4 nitrogen and oxygen atoms in total. The number of rotatable bonds is 3. The summed E-state index contributed by atoms with van der Waals surface area (Å²) in [6, 6.07) is 6.92. The molecular weight excluding hydrogens is 305 g/mol. The number of aromatic nitrogens is 2. The summed E-state index contributed by atoms with van der Waals surface area (Å²) in [4.78, 5) is 8.41. The zero-order chi connectivity index (χ0) is 14.7. The summed E-state index contributed by atoms with van der Waals surface area (Å²) in [7, 11) is 0. The molecule has 22 heavy (non-hydrogen) atoms. The molecule has 0 spiro atoms. The van der Waals surface area contributed by atoms with Crippen LogP contribution >= 0.6 is 12.4 Å². The van der Waals surface area contributed by atoms with Crippen molar-refractivity contribution < 1.29 is 9.13 Å². The van der Waals surface area contributed by atoms with Crippen molar-refractivity contribution in [1.29, 1.82) is 0 Å². The first-order valence-electron chi connectivity index (χ1n) is 7.13. The standard InChI is InChI=1S/C16H18FN3O.ClH/c1-11-9-20-14(10-21-11)8-13-7-12(3-4-15(13)17)16-18-5-2-6-19-16;/h2-7,11,14,20H,8-10H2,1H3;1H/t11-,14-;/m1./s1. The minimum Gasteiger partial charge on any atom is -0.376 e. The molecular formula is C16H19ClFN3O. The second-order valence-electron chi connectivity index (χ2n) is 5.33. The molecule has 1 aromatic heterocycles. The van der Waals surface area contributed by atoms with Crippen LogP contribution in [0.3, 0.4) is 0 Å². The van der Waals surface area contributed by atoms with Gasteiger partial charge in [0.2, 0.25) is 0 Å². The number of morpholine rings is 1. The molecule has 0 radical (unpaired) electrons. The second kappa shape index (κ2) is 7.63. The molecule has 1 aliphatic rings. The molecule has 3 rings (SSSR count). The van der Waals surface area contributed by atoms with Crippen LogP contribution in [0.25, 0.3) is 11.4 Å². The Morgan fingerprint density at radius 3 is 2.77 bits per heavy atom. The number of hydrogen-bond acceptors (Lipinski definition) is 4. The van der Waals surface area contributed by atoms with Gasteiger partial charge in [0, 0.05) is 30.5 Å². The van der Waals surface area contributed by atoms with E-state index >= 15 is 0 Å². The summed E-state index contributed by atoms with van der Waals surface area (Å²) in [5.41, 5.74) is 1.49. The minimum absolute atomic E-state index is 0. The molecule has 1 saturated heterocycles. The van der Waals surface area contributed by atoms with Gasteiger partial charge in [-0.05, 0) is 43.2 Å². The zero-order valence-electron chi connectivity index (χ0n) is 12.3. The normalized spacial score (nSPS) is 21.2. The van der Waals surface area contributed by atoms with E-state index in [1.807, 2.05) is 13.0 Å². The van der Waals surface area contributed by atoms with Gasteiger partial charge in [0.15, 0.2) is 5.82 Å². The summed E-state index contributed by atoms with van der Waals surface area (Å²) in [6.07, 6.45) is 4.18. The highest BCUT2D eigenvalue weighted by Crippen LogP contribution is 2.20. The van der Waals surface area contributed by atoms with E-state index in [9.17, 15) is 4.39 Å². The van der Waals surface area contributed by atoms with E-state index in [2.05, 4.69) is 15.3 Å². The Kier molecular flexibility index (Phi) is 5.83. The van der Waals surface area contributed by atoms with Crippen molar-refractivity contribution in [3.05, 3.63) is 48.0 Å². The van der Waals surface area contributed by atoms with Gasteiger partial charge < -0.3 is 10.1 Å². The van der Waals surface area contributed by atoms with Gasteiger partial charge in [0.1, 0.15) is 5.82 Å². The van der Waals surface area contributed by atoms with Gasteiger partial charge in [-0.15, -0.1) is 12.4 Å². The molecule has 118 valence electrons. The smallest absolute Gasteiger partial charge is 0.159 e. The maximum absolute atomic E-state index is 14.0. The van der Waals surface area contributed by atoms with Crippen molar-refractivity contribution in [2.24, 2.45) is 0 Å². The lowest BCUT2D eigenvalue weighted by atomic mass is 10.0. The van der Waals surface area contributed by atoms with Gasteiger partial charge in [-0.3, -0.25) is 0 Å². The lowest BCUT2D eigenvalue weighted by Gasteiger charge is -2.28. The van der Waals surface area contributed by atoms with E-state index < -0.39 is 0 Å². The fourth-order valence-electron chi connectivity index (χ4n) is 2.45. The maximum atomic E-state index is 14.0. The monoisotopic (exact) mass is 323 g/mol. The summed E-state index contributed by atoms with van der Waals surface area (Å²) in [5, 5.41) is 3.38. The third-order valence-electron chi connectivity index (χ3n) is 3.61. The zero-order valence-corrected chi connectivity index (χ0v) is 13.1. The topological polar surface area (TPSA) is 47.0 Å². The fourth-order valence-corrected chi connectivity index (χ4v) is 2.45. The van der Waals surface area contributed by atoms with Gasteiger partial charge in [0.25, 0.3) is 0 Å². The van der Waals surface area contributed by atoms with Crippen LogP contribution in [0, 0.1) is 5.82 Å². The van der Waals surface area contributed by atoms with Gasteiger partial charge in [-0.2, -0.15) is 0 Å². The number of halogens is 2. The highest BCUT2D eigenvalue weighted by atomic mass is 35.5. The largest absolute Gasteiger partial charge is 0.376 e. The highest BCUT2D eigenvalue weighted by molar-refractivity contribution is 5.85. The van der Waals surface area contributed by atoms with E-state index in [0.717, 1.165) is 12.1 Å². The van der Waals surface area contributed by atoms with Crippen LogP contribution < -0.4 is 5.32 Å². The van der Waals surface area contributed by atoms with Gasteiger partial charge in [0.05, 0.1) is 12.7 Å². The van der Waals surface area contributed by atoms with Crippen LogP contribution in [0.5, 0.6) is 0 Å². The Balaban J connectivity index is 0.00000176. The quantitative estimate of drug-likeness (QED) is 0.943. The van der Waals surface area contributed by atoms with Crippen LogP contribution in [0.15, 0.2) is 36.7 Å². The fraction of sp³-hybridized carbons (Fsp3) is 0.375. The van der Waals surface area contributed by atoms with Crippen molar-refractivity contribution in [3.8, 4) is 11.4 Å². The number of benzene rings is 1. The van der Waals surface area contributed by atoms with E-state index in [-0.39, 0.29) is 30.4 Å².